The lowest BCUT2D eigenvalue weighted by atomic mass is 10.1. The van der Waals surface area contributed by atoms with Crippen molar-refractivity contribution < 1.29 is 37.8 Å². The number of carbonyl (C=O) groups is 4. The molecule has 136 valence electrons. The second kappa shape index (κ2) is 9.62. The monoisotopic (exact) mass is 365 g/mol. The van der Waals surface area contributed by atoms with Crippen LogP contribution in [0, 0.1) is 0 Å². The van der Waals surface area contributed by atoms with Gasteiger partial charge in [0.1, 0.15) is 18.6 Å². The maximum Gasteiger partial charge on any atom is 0.322 e. The third-order valence-corrected chi connectivity index (χ3v) is 4.02. The van der Waals surface area contributed by atoms with Crippen LogP contribution in [-0.4, -0.2) is 66.8 Å². The van der Waals surface area contributed by atoms with Crippen molar-refractivity contribution in [2.24, 2.45) is 5.73 Å². The lowest BCUT2D eigenvalue weighted by Gasteiger charge is -2.17. The highest BCUT2D eigenvalue weighted by Crippen LogP contribution is 2.00. The van der Waals surface area contributed by atoms with Gasteiger partial charge in [-0.1, -0.05) is 6.58 Å². The fraction of sp³-hybridized carbons (Fsp3) is 0.500. The van der Waals surface area contributed by atoms with Gasteiger partial charge in [-0.3, -0.25) is 19.2 Å². The van der Waals surface area contributed by atoms with Gasteiger partial charge in [0.2, 0.25) is 11.8 Å². The standard InChI is InChI=1S/C12H19N3O8S/c1-2-24(22,23)6-8(11(19)14-5-10(17)18)15-9(16)4-3-7(13)12(20)21/h2,7-8H,1,3-6,13H2,(H,14,19)(H,15,16)(H,17,18)(H,20,21)/t7-,8?/m0/s1. The maximum atomic E-state index is 11.8. The van der Waals surface area contributed by atoms with E-state index in [-0.39, 0.29) is 12.8 Å². The fourth-order valence-electron chi connectivity index (χ4n) is 1.45. The van der Waals surface area contributed by atoms with Crippen molar-refractivity contribution in [1.29, 1.82) is 0 Å². The van der Waals surface area contributed by atoms with Gasteiger partial charge >= 0.3 is 11.9 Å². The van der Waals surface area contributed by atoms with Crippen LogP contribution >= 0.6 is 0 Å². The average Bonchev–Trinajstić information content (AvgIpc) is 2.49. The highest BCUT2D eigenvalue weighted by atomic mass is 32.2. The topological polar surface area (TPSA) is 193 Å². The van der Waals surface area contributed by atoms with E-state index in [1.807, 2.05) is 5.32 Å². The molecule has 0 heterocycles. The first-order valence-corrected chi connectivity index (χ1v) is 8.32. The molecular weight excluding hydrogens is 346 g/mol. The first-order valence-electron chi connectivity index (χ1n) is 6.61. The quantitative estimate of drug-likeness (QED) is 0.261. The van der Waals surface area contributed by atoms with Gasteiger partial charge in [0, 0.05) is 11.8 Å². The van der Waals surface area contributed by atoms with E-state index in [2.05, 4.69) is 11.9 Å². The summed E-state index contributed by atoms with van der Waals surface area (Å²) < 4.78 is 23.1. The predicted octanol–water partition coefficient (Wildman–Crippen LogP) is -2.58. The van der Waals surface area contributed by atoms with E-state index >= 15 is 0 Å². The normalized spacial score (nSPS) is 13.4. The summed E-state index contributed by atoms with van der Waals surface area (Å²) in [7, 11) is -3.87. The number of rotatable bonds is 11. The molecule has 0 radical (unpaired) electrons. The van der Waals surface area contributed by atoms with Crippen molar-refractivity contribution in [2.45, 2.75) is 24.9 Å². The Labute approximate surface area is 137 Å². The number of carboxylic acid groups (broad SMARTS) is 2. The number of sulfone groups is 1. The molecular formula is C12H19N3O8S. The molecule has 1 unspecified atom stereocenters. The minimum absolute atomic E-state index is 0.223. The second-order valence-corrected chi connectivity index (χ2v) is 6.70. The van der Waals surface area contributed by atoms with E-state index < -0.39 is 58.0 Å². The Bertz CT molecular complexity index is 616. The molecule has 0 saturated heterocycles. The second-order valence-electron chi connectivity index (χ2n) is 4.71. The number of amides is 2. The Morgan fingerprint density at radius 3 is 2.25 bits per heavy atom. The summed E-state index contributed by atoms with van der Waals surface area (Å²) in [6.07, 6.45) is -0.580. The summed E-state index contributed by atoms with van der Waals surface area (Å²) in [5, 5.41) is 21.7. The van der Waals surface area contributed by atoms with Crippen molar-refractivity contribution in [3.63, 3.8) is 0 Å². The zero-order valence-corrected chi connectivity index (χ0v) is 13.4. The van der Waals surface area contributed by atoms with Crippen LogP contribution in [0.1, 0.15) is 12.8 Å². The van der Waals surface area contributed by atoms with Crippen molar-refractivity contribution in [3.8, 4) is 0 Å². The first kappa shape index (κ1) is 21.5. The number of carbonyl (C=O) groups excluding carboxylic acids is 2. The number of hydrogen-bond acceptors (Lipinski definition) is 7. The smallest absolute Gasteiger partial charge is 0.322 e. The van der Waals surface area contributed by atoms with E-state index in [0.29, 0.717) is 5.41 Å². The summed E-state index contributed by atoms with van der Waals surface area (Å²) in [5.74, 6) is -5.31. The molecule has 0 bridgehead atoms. The largest absolute Gasteiger partial charge is 0.480 e. The van der Waals surface area contributed by atoms with Crippen LogP contribution in [0.3, 0.4) is 0 Å². The summed E-state index contributed by atoms with van der Waals surface area (Å²) in [6, 6.07) is -2.84. The van der Waals surface area contributed by atoms with E-state index in [1.165, 1.54) is 0 Å². The van der Waals surface area contributed by atoms with Crippen LogP contribution < -0.4 is 16.4 Å². The Balaban J connectivity index is 4.89. The average molecular weight is 365 g/mol. The molecule has 11 nitrogen and oxygen atoms in total. The van der Waals surface area contributed by atoms with Gasteiger partial charge in [0.15, 0.2) is 9.84 Å². The van der Waals surface area contributed by atoms with Gasteiger partial charge in [-0.2, -0.15) is 0 Å². The molecule has 0 aromatic heterocycles. The van der Waals surface area contributed by atoms with Gasteiger partial charge < -0.3 is 26.6 Å². The fourth-order valence-corrected chi connectivity index (χ4v) is 2.28. The third-order valence-electron chi connectivity index (χ3n) is 2.72. The first-order chi connectivity index (χ1) is 11.0. The lowest BCUT2D eigenvalue weighted by molar-refractivity contribution is -0.139. The van der Waals surface area contributed by atoms with Gasteiger partial charge in [-0.05, 0) is 6.42 Å². The van der Waals surface area contributed by atoms with E-state index in [9.17, 15) is 27.6 Å². The molecule has 12 heteroatoms. The van der Waals surface area contributed by atoms with E-state index in [1.54, 1.807) is 0 Å². The molecule has 0 spiro atoms. The summed E-state index contributed by atoms with van der Waals surface area (Å²) in [5.41, 5.74) is 5.23. The molecule has 6 N–H and O–H groups in total. The lowest BCUT2D eigenvalue weighted by Crippen LogP contribution is -2.51. The van der Waals surface area contributed by atoms with Crippen LogP contribution in [0.15, 0.2) is 12.0 Å². The molecule has 0 aromatic carbocycles. The Morgan fingerprint density at radius 2 is 1.79 bits per heavy atom. The molecule has 0 aliphatic carbocycles. The molecule has 0 aliphatic rings. The SMILES string of the molecule is C=CS(=O)(=O)CC(NC(=O)CC[C@H](N)C(=O)O)C(=O)NCC(=O)O. The summed E-state index contributed by atoms with van der Waals surface area (Å²) >= 11 is 0. The summed E-state index contributed by atoms with van der Waals surface area (Å²) in [6.45, 7) is 2.31. The molecule has 2 amide bonds. The van der Waals surface area contributed by atoms with Crippen molar-refractivity contribution in [1.82, 2.24) is 10.6 Å². The van der Waals surface area contributed by atoms with E-state index in [4.69, 9.17) is 15.9 Å². The van der Waals surface area contributed by atoms with Crippen LogP contribution in [0.4, 0.5) is 0 Å². The molecule has 0 rings (SSSR count). The van der Waals surface area contributed by atoms with E-state index in [0.717, 1.165) is 0 Å². The predicted molar refractivity (Wildman–Crippen MR) is 81.4 cm³/mol. The van der Waals surface area contributed by atoms with Gasteiger partial charge in [-0.25, -0.2) is 8.42 Å². The Morgan fingerprint density at radius 1 is 1.21 bits per heavy atom. The maximum absolute atomic E-state index is 11.8. The zero-order chi connectivity index (χ0) is 18.9. The Hall–Kier alpha value is -2.47. The van der Waals surface area contributed by atoms with Crippen LogP contribution in [0.25, 0.3) is 0 Å². The van der Waals surface area contributed by atoms with Crippen LogP contribution in [0.5, 0.6) is 0 Å². The van der Waals surface area contributed by atoms with Crippen molar-refractivity contribution in [3.05, 3.63) is 12.0 Å². The van der Waals surface area contributed by atoms with Crippen molar-refractivity contribution in [2.75, 3.05) is 12.3 Å². The third kappa shape index (κ3) is 8.85. The molecule has 0 aromatic rings. The summed E-state index contributed by atoms with van der Waals surface area (Å²) in [4.78, 5) is 44.5. The van der Waals surface area contributed by atoms with Gasteiger partial charge in [-0.15, -0.1) is 0 Å². The molecule has 0 saturated carbocycles. The molecule has 0 aliphatic heterocycles. The number of hydrogen-bond donors (Lipinski definition) is 5. The van der Waals surface area contributed by atoms with Crippen LogP contribution in [-0.2, 0) is 29.0 Å². The minimum Gasteiger partial charge on any atom is -0.480 e. The molecule has 2 atom stereocenters. The minimum atomic E-state index is -3.87. The Kier molecular flexibility index (Phi) is 8.63. The van der Waals surface area contributed by atoms with Crippen LogP contribution in [0.2, 0.25) is 0 Å². The highest BCUT2D eigenvalue weighted by Gasteiger charge is 2.26. The molecule has 0 fully saturated rings. The van der Waals surface area contributed by atoms with Gasteiger partial charge in [0.05, 0.1) is 5.75 Å². The highest BCUT2D eigenvalue weighted by molar-refractivity contribution is 7.94. The number of aliphatic carboxylic acids is 2. The zero-order valence-electron chi connectivity index (χ0n) is 12.6. The number of nitrogens with one attached hydrogen (secondary N) is 2. The number of nitrogens with two attached hydrogens (primary N) is 1. The number of carboxylic acids is 2. The van der Waals surface area contributed by atoms with Gasteiger partial charge in [0.25, 0.3) is 0 Å². The molecule has 24 heavy (non-hydrogen) atoms. The van der Waals surface area contributed by atoms with Crippen molar-refractivity contribution >= 4 is 33.6 Å².